The Kier molecular flexibility index (Phi) is 3.34. The van der Waals surface area contributed by atoms with E-state index < -0.39 is 17.3 Å². The van der Waals surface area contributed by atoms with Crippen LogP contribution in [0.4, 0.5) is 4.39 Å². The number of benzene rings is 1. The van der Waals surface area contributed by atoms with Gasteiger partial charge in [0.2, 0.25) is 5.69 Å². The number of nitriles is 1. The van der Waals surface area contributed by atoms with E-state index >= 15 is 0 Å². The number of aromatic carboxylic acids is 1. The van der Waals surface area contributed by atoms with Gasteiger partial charge in [0, 0.05) is 18.5 Å². The predicted octanol–water partition coefficient (Wildman–Crippen LogP) is 1.98. The van der Waals surface area contributed by atoms with Crippen LogP contribution in [0.25, 0.3) is 0 Å². The minimum Gasteiger partial charge on any atom is -0.478 e. The molecule has 0 aliphatic rings. The molecule has 7 heteroatoms. The molecule has 0 saturated heterocycles. The number of hydrogen-bond acceptors (Lipinski definition) is 5. The average molecular weight is 259 g/mol. The molecule has 0 radical (unpaired) electrons. The first-order chi connectivity index (χ1) is 9.11. The van der Waals surface area contributed by atoms with E-state index in [0.29, 0.717) is 0 Å². The van der Waals surface area contributed by atoms with Crippen molar-refractivity contribution in [1.82, 2.24) is 9.97 Å². The van der Waals surface area contributed by atoms with E-state index in [1.165, 1.54) is 18.5 Å². The Morgan fingerprint density at radius 3 is 2.74 bits per heavy atom. The van der Waals surface area contributed by atoms with Crippen LogP contribution in [0, 0.1) is 17.1 Å². The summed E-state index contributed by atoms with van der Waals surface area (Å²) >= 11 is 0. The average Bonchev–Trinajstić information content (AvgIpc) is 2.39. The van der Waals surface area contributed by atoms with E-state index in [1.54, 1.807) is 6.07 Å². The SMILES string of the molecule is N#Cc1nccnc1Oc1ccc(C(=O)O)c(F)c1. The lowest BCUT2D eigenvalue weighted by atomic mass is 10.2. The number of carboxylic acid groups (broad SMARTS) is 1. The molecule has 2 aromatic rings. The molecule has 0 aliphatic carbocycles. The molecule has 0 unspecified atom stereocenters. The summed E-state index contributed by atoms with van der Waals surface area (Å²) in [7, 11) is 0. The highest BCUT2D eigenvalue weighted by molar-refractivity contribution is 5.88. The van der Waals surface area contributed by atoms with Gasteiger partial charge in [-0.3, -0.25) is 0 Å². The van der Waals surface area contributed by atoms with Gasteiger partial charge in [0.25, 0.3) is 5.88 Å². The molecule has 1 aromatic heterocycles. The van der Waals surface area contributed by atoms with Gasteiger partial charge in [-0.15, -0.1) is 0 Å². The minimum absolute atomic E-state index is 0.0273. The first-order valence-electron chi connectivity index (χ1n) is 5.03. The molecule has 0 atom stereocenters. The minimum atomic E-state index is -1.37. The molecule has 0 fully saturated rings. The van der Waals surface area contributed by atoms with Crippen molar-refractivity contribution in [1.29, 1.82) is 5.26 Å². The van der Waals surface area contributed by atoms with Gasteiger partial charge in [-0.2, -0.15) is 5.26 Å². The third-order valence-corrected chi connectivity index (χ3v) is 2.16. The van der Waals surface area contributed by atoms with E-state index in [-0.39, 0.29) is 17.3 Å². The van der Waals surface area contributed by atoms with Crippen LogP contribution in [0.2, 0.25) is 0 Å². The fourth-order valence-corrected chi connectivity index (χ4v) is 1.32. The highest BCUT2D eigenvalue weighted by atomic mass is 19.1. The standard InChI is InChI=1S/C12H6FN3O3/c13-9-5-7(1-2-8(9)12(17)18)19-11-10(6-14)15-3-4-16-11/h1-5H,(H,17,18). The largest absolute Gasteiger partial charge is 0.478 e. The van der Waals surface area contributed by atoms with Crippen molar-refractivity contribution in [3.63, 3.8) is 0 Å². The maximum Gasteiger partial charge on any atom is 0.338 e. The Labute approximate surface area is 106 Å². The molecule has 0 amide bonds. The lowest BCUT2D eigenvalue weighted by Crippen LogP contribution is -2.01. The van der Waals surface area contributed by atoms with E-state index in [9.17, 15) is 9.18 Å². The molecule has 19 heavy (non-hydrogen) atoms. The summed E-state index contributed by atoms with van der Waals surface area (Å²) in [5.41, 5.74) is -0.516. The second-order valence-corrected chi connectivity index (χ2v) is 3.37. The van der Waals surface area contributed by atoms with E-state index in [4.69, 9.17) is 15.1 Å². The monoisotopic (exact) mass is 259 g/mol. The molecule has 2 rings (SSSR count). The molecule has 94 valence electrons. The molecule has 0 aliphatic heterocycles. The molecule has 0 saturated carbocycles. The zero-order valence-corrected chi connectivity index (χ0v) is 9.37. The van der Waals surface area contributed by atoms with Crippen molar-refractivity contribution < 1.29 is 19.0 Å². The van der Waals surface area contributed by atoms with Crippen LogP contribution in [0.1, 0.15) is 16.1 Å². The summed E-state index contributed by atoms with van der Waals surface area (Å²) in [5, 5.41) is 17.5. The van der Waals surface area contributed by atoms with Gasteiger partial charge in [0.15, 0.2) is 0 Å². The van der Waals surface area contributed by atoms with E-state index in [2.05, 4.69) is 9.97 Å². The number of hydrogen-bond donors (Lipinski definition) is 1. The van der Waals surface area contributed by atoms with Crippen LogP contribution in [0.5, 0.6) is 11.6 Å². The summed E-state index contributed by atoms with van der Waals surface area (Å²) in [5.74, 6) is -2.36. The summed E-state index contributed by atoms with van der Waals surface area (Å²) in [6.45, 7) is 0. The topological polar surface area (TPSA) is 96.1 Å². The predicted molar refractivity (Wildman–Crippen MR) is 60.2 cm³/mol. The molecule has 6 nitrogen and oxygen atoms in total. The molecule has 0 spiro atoms. The third-order valence-electron chi connectivity index (χ3n) is 2.16. The number of rotatable bonds is 3. The number of aromatic nitrogens is 2. The maximum atomic E-state index is 13.4. The quantitative estimate of drug-likeness (QED) is 0.905. The lowest BCUT2D eigenvalue weighted by molar-refractivity contribution is 0.0692. The molecular weight excluding hydrogens is 253 g/mol. The first kappa shape index (κ1) is 12.4. The van der Waals surface area contributed by atoms with Crippen LogP contribution in [0.15, 0.2) is 30.6 Å². The Hall–Kier alpha value is -3.01. The zero-order valence-electron chi connectivity index (χ0n) is 9.37. The highest BCUT2D eigenvalue weighted by Crippen LogP contribution is 2.23. The summed E-state index contributed by atoms with van der Waals surface area (Å²) in [6, 6.07) is 5.01. The second-order valence-electron chi connectivity index (χ2n) is 3.37. The fraction of sp³-hybridized carbons (Fsp3) is 0. The van der Waals surface area contributed by atoms with Gasteiger partial charge in [-0.1, -0.05) is 0 Å². The number of halogens is 1. The van der Waals surface area contributed by atoms with Gasteiger partial charge in [0.05, 0.1) is 5.56 Å². The molecule has 1 aromatic carbocycles. The van der Waals surface area contributed by atoms with E-state index in [1.807, 2.05) is 0 Å². The smallest absolute Gasteiger partial charge is 0.338 e. The number of carboxylic acids is 1. The van der Waals surface area contributed by atoms with Crippen molar-refractivity contribution in [3.8, 4) is 17.7 Å². The van der Waals surface area contributed by atoms with Crippen LogP contribution in [-0.4, -0.2) is 21.0 Å². The summed E-state index contributed by atoms with van der Waals surface area (Å²) in [4.78, 5) is 18.2. The highest BCUT2D eigenvalue weighted by Gasteiger charge is 2.13. The van der Waals surface area contributed by atoms with Crippen molar-refractivity contribution >= 4 is 5.97 Å². The molecule has 1 heterocycles. The van der Waals surface area contributed by atoms with Crippen molar-refractivity contribution in [2.75, 3.05) is 0 Å². The van der Waals surface area contributed by atoms with Crippen molar-refractivity contribution in [3.05, 3.63) is 47.7 Å². The zero-order chi connectivity index (χ0) is 13.8. The molecule has 1 N–H and O–H groups in total. The number of ether oxygens (including phenoxy) is 1. The first-order valence-corrected chi connectivity index (χ1v) is 5.03. The maximum absolute atomic E-state index is 13.4. The van der Waals surface area contributed by atoms with Crippen LogP contribution in [0.3, 0.4) is 0 Å². The Morgan fingerprint density at radius 1 is 1.37 bits per heavy atom. The molecule has 0 bridgehead atoms. The van der Waals surface area contributed by atoms with Gasteiger partial charge < -0.3 is 9.84 Å². The normalized spacial score (nSPS) is 9.68. The van der Waals surface area contributed by atoms with Crippen LogP contribution >= 0.6 is 0 Å². The van der Waals surface area contributed by atoms with Gasteiger partial charge in [0.1, 0.15) is 17.6 Å². The Balaban J connectivity index is 2.32. The second kappa shape index (κ2) is 5.10. The Morgan fingerprint density at radius 2 is 2.11 bits per heavy atom. The van der Waals surface area contributed by atoms with Gasteiger partial charge >= 0.3 is 5.97 Å². The Bertz CT molecular complexity index is 682. The third kappa shape index (κ3) is 2.63. The summed E-state index contributed by atoms with van der Waals surface area (Å²) < 4.78 is 18.6. The van der Waals surface area contributed by atoms with Gasteiger partial charge in [-0.05, 0) is 12.1 Å². The van der Waals surface area contributed by atoms with E-state index in [0.717, 1.165) is 12.1 Å². The van der Waals surface area contributed by atoms with Crippen molar-refractivity contribution in [2.45, 2.75) is 0 Å². The summed E-state index contributed by atoms with van der Waals surface area (Å²) in [6.07, 6.45) is 2.64. The lowest BCUT2D eigenvalue weighted by Gasteiger charge is -2.06. The van der Waals surface area contributed by atoms with Gasteiger partial charge in [-0.25, -0.2) is 19.2 Å². The fourth-order valence-electron chi connectivity index (χ4n) is 1.32. The van der Waals surface area contributed by atoms with Crippen LogP contribution in [-0.2, 0) is 0 Å². The van der Waals surface area contributed by atoms with Crippen molar-refractivity contribution in [2.24, 2.45) is 0 Å². The number of carbonyl (C=O) groups is 1. The van der Waals surface area contributed by atoms with Crippen LogP contribution < -0.4 is 4.74 Å². The number of nitrogens with zero attached hydrogens (tertiary/aromatic N) is 3. The molecular formula is C12H6FN3O3.